The molecule has 0 aromatic rings. The topological polar surface area (TPSA) is 103 Å². The van der Waals surface area contributed by atoms with Crippen LogP contribution in [0.3, 0.4) is 0 Å². The molecule has 0 spiro atoms. The largest absolute Gasteiger partial charge is 0.358 e. The van der Waals surface area contributed by atoms with E-state index in [1.54, 1.807) is 27.8 Å². The highest BCUT2D eigenvalue weighted by Gasteiger charge is 2.28. The number of rotatable bonds is 7. The molecule has 0 bridgehead atoms. The lowest BCUT2D eigenvalue weighted by atomic mass is 10.1. The monoisotopic (exact) mass is 517 g/mol. The first-order chi connectivity index (χ1) is 12.1. The van der Waals surface area contributed by atoms with E-state index in [0.29, 0.717) is 19.0 Å². The number of nitrogens with zero attached hydrogens (tertiary/aromatic N) is 2. The minimum Gasteiger partial charge on any atom is -0.358 e. The Morgan fingerprint density at radius 1 is 1.22 bits per heavy atom. The molecule has 160 valence electrons. The van der Waals surface area contributed by atoms with Crippen LogP contribution in [0.4, 0.5) is 0 Å². The van der Waals surface area contributed by atoms with E-state index >= 15 is 0 Å². The highest BCUT2D eigenvalue weighted by atomic mass is 127. The normalized spacial score (nSPS) is 17.1. The highest BCUT2D eigenvalue weighted by molar-refractivity contribution is 14.0. The van der Waals surface area contributed by atoms with E-state index in [1.807, 2.05) is 6.92 Å². The summed E-state index contributed by atoms with van der Waals surface area (Å²) in [5, 5.41) is 9.20. The number of amides is 1. The number of likely N-dealkylation sites (N-methyl/N-ethyl adjacent to an activating group) is 1. The minimum atomic E-state index is -3.17. The van der Waals surface area contributed by atoms with Gasteiger partial charge in [0.2, 0.25) is 5.91 Å². The van der Waals surface area contributed by atoms with Gasteiger partial charge in [0, 0.05) is 32.7 Å². The molecule has 1 aliphatic rings. The molecule has 0 radical (unpaired) electrons. The van der Waals surface area contributed by atoms with Gasteiger partial charge in [-0.05, 0) is 40.5 Å². The Kier molecular flexibility index (Phi) is 11.8. The molecule has 0 aliphatic carbocycles. The lowest BCUT2D eigenvalue weighted by Gasteiger charge is -2.32. The van der Waals surface area contributed by atoms with Crippen molar-refractivity contribution in [1.29, 1.82) is 0 Å². The van der Waals surface area contributed by atoms with Crippen LogP contribution < -0.4 is 16.0 Å². The molecule has 0 aromatic carbocycles. The third-order valence-electron chi connectivity index (χ3n) is 4.48. The molecule has 1 rings (SSSR count). The van der Waals surface area contributed by atoms with Gasteiger partial charge in [0.1, 0.15) is 0 Å². The molecule has 27 heavy (non-hydrogen) atoms. The number of hydrogen-bond acceptors (Lipinski definition) is 5. The van der Waals surface area contributed by atoms with Gasteiger partial charge >= 0.3 is 0 Å². The van der Waals surface area contributed by atoms with Gasteiger partial charge in [-0.1, -0.05) is 0 Å². The first kappa shape index (κ1) is 26.4. The fourth-order valence-corrected chi connectivity index (χ4v) is 3.56. The van der Waals surface area contributed by atoms with Crippen molar-refractivity contribution in [3.8, 4) is 0 Å². The second-order valence-corrected chi connectivity index (χ2v) is 10.4. The van der Waals surface area contributed by atoms with Crippen molar-refractivity contribution >= 4 is 45.7 Å². The van der Waals surface area contributed by atoms with E-state index in [2.05, 4.69) is 25.8 Å². The zero-order valence-electron chi connectivity index (χ0n) is 17.2. The maximum absolute atomic E-state index is 12.2. The van der Waals surface area contributed by atoms with Crippen LogP contribution in [-0.2, 0) is 14.6 Å². The number of guanidine groups is 1. The van der Waals surface area contributed by atoms with Crippen molar-refractivity contribution in [2.75, 3.05) is 45.5 Å². The maximum atomic E-state index is 12.2. The van der Waals surface area contributed by atoms with Gasteiger partial charge in [-0.3, -0.25) is 14.7 Å². The fraction of sp³-hybridized carbons (Fsp3) is 0.882. The van der Waals surface area contributed by atoms with Crippen LogP contribution in [0.2, 0.25) is 0 Å². The lowest BCUT2D eigenvalue weighted by molar-refractivity contribution is -0.122. The van der Waals surface area contributed by atoms with E-state index in [0.717, 1.165) is 25.9 Å². The summed E-state index contributed by atoms with van der Waals surface area (Å²) in [6, 6.07) is 0.271. The van der Waals surface area contributed by atoms with E-state index in [9.17, 15) is 13.2 Å². The number of aliphatic imine (C=N–C) groups is 1. The summed E-state index contributed by atoms with van der Waals surface area (Å²) in [6.07, 6.45) is 1.84. The van der Waals surface area contributed by atoms with Crippen LogP contribution in [0.1, 0.15) is 40.5 Å². The van der Waals surface area contributed by atoms with E-state index in [1.165, 1.54) is 0 Å². The summed E-state index contributed by atoms with van der Waals surface area (Å²) in [5.74, 6) is 0.727. The highest BCUT2D eigenvalue weighted by Crippen LogP contribution is 2.15. The quantitative estimate of drug-likeness (QED) is 0.260. The Labute approximate surface area is 181 Å². The molecule has 1 fully saturated rings. The maximum Gasteiger partial charge on any atom is 0.233 e. The molecule has 1 heterocycles. The number of nitrogens with one attached hydrogen (secondary N) is 3. The second kappa shape index (κ2) is 12.1. The van der Waals surface area contributed by atoms with Crippen molar-refractivity contribution in [3.63, 3.8) is 0 Å². The predicted molar refractivity (Wildman–Crippen MR) is 122 cm³/mol. The van der Waals surface area contributed by atoms with Crippen LogP contribution in [0.5, 0.6) is 0 Å². The van der Waals surface area contributed by atoms with Crippen molar-refractivity contribution in [2.45, 2.75) is 51.3 Å². The summed E-state index contributed by atoms with van der Waals surface area (Å²) in [4.78, 5) is 18.0. The van der Waals surface area contributed by atoms with Gasteiger partial charge in [-0.2, -0.15) is 0 Å². The van der Waals surface area contributed by atoms with Crippen LogP contribution in [0.15, 0.2) is 4.99 Å². The summed E-state index contributed by atoms with van der Waals surface area (Å²) in [5.41, 5.74) is 0. The zero-order chi connectivity index (χ0) is 19.8. The first-order valence-electron chi connectivity index (χ1n) is 9.29. The van der Waals surface area contributed by atoms with Gasteiger partial charge in [0.15, 0.2) is 15.8 Å². The molecule has 0 unspecified atom stereocenters. The number of carbonyl (C=O) groups is 1. The first-order valence-corrected chi connectivity index (χ1v) is 10.9. The van der Waals surface area contributed by atoms with Gasteiger partial charge in [0.05, 0.1) is 23.6 Å². The number of likely N-dealkylation sites (tertiary alicyclic amines) is 1. The smallest absolute Gasteiger partial charge is 0.233 e. The molecule has 3 N–H and O–H groups in total. The SMILES string of the molecule is CCNC(=NCCS(=O)(=O)C(C)(C)C)NC1CCN(CC(=O)NC)CC1.I. The fourth-order valence-electron chi connectivity index (χ4n) is 2.61. The van der Waals surface area contributed by atoms with Gasteiger partial charge in [-0.15, -0.1) is 24.0 Å². The number of hydrogen-bond donors (Lipinski definition) is 3. The molecule has 1 amide bonds. The van der Waals surface area contributed by atoms with Crippen molar-refractivity contribution in [3.05, 3.63) is 0 Å². The summed E-state index contributed by atoms with van der Waals surface area (Å²) in [7, 11) is -1.52. The Morgan fingerprint density at radius 3 is 2.30 bits per heavy atom. The van der Waals surface area contributed by atoms with E-state index < -0.39 is 14.6 Å². The third-order valence-corrected chi connectivity index (χ3v) is 7.07. The average molecular weight is 517 g/mol. The number of carbonyl (C=O) groups excluding carboxylic acids is 1. The standard InChI is InChI=1S/C17H35N5O3S.HI/c1-6-19-16(20-9-12-26(24,25)17(2,3)4)21-14-7-10-22(11-8-14)13-15(23)18-5;/h14H,6-13H2,1-5H3,(H,18,23)(H2,19,20,21);1H. The Hall–Kier alpha value is -0.620. The Morgan fingerprint density at radius 2 is 1.81 bits per heavy atom. The zero-order valence-corrected chi connectivity index (χ0v) is 20.3. The van der Waals surface area contributed by atoms with Gasteiger partial charge in [-0.25, -0.2) is 8.42 Å². The van der Waals surface area contributed by atoms with Crippen LogP contribution >= 0.6 is 24.0 Å². The molecule has 1 aliphatic heterocycles. The number of piperidine rings is 1. The molecule has 0 aromatic heterocycles. The summed E-state index contributed by atoms with van der Waals surface area (Å²) < 4.78 is 23.6. The van der Waals surface area contributed by atoms with Crippen molar-refractivity contribution < 1.29 is 13.2 Å². The molecule has 10 heteroatoms. The molecular formula is C17H36IN5O3S. The third kappa shape index (κ3) is 9.42. The lowest BCUT2D eigenvalue weighted by Crippen LogP contribution is -2.50. The van der Waals surface area contributed by atoms with Crippen LogP contribution in [0.25, 0.3) is 0 Å². The summed E-state index contributed by atoms with van der Waals surface area (Å²) in [6.45, 7) is 10.2. The Bertz CT molecular complexity index is 582. The minimum absolute atomic E-state index is 0. The van der Waals surface area contributed by atoms with Gasteiger partial charge in [0.25, 0.3) is 0 Å². The van der Waals surface area contributed by atoms with E-state index in [4.69, 9.17) is 0 Å². The molecule has 8 nitrogen and oxygen atoms in total. The molecule has 0 atom stereocenters. The van der Waals surface area contributed by atoms with Crippen LogP contribution in [-0.4, -0.2) is 81.5 Å². The summed E-state index contributed by atoms with van der Waals surface area (Å²) >= 11 is 0. The van der Waals surface area contributed by atoms with Crippen molar-refractivity contribution in [2.24, 2.45) is 4.99 Å². The molecule has 0 saturated carbocycles. The Balaban J connectivity index is 0.00000676. The number of sulfone groups is 1. The molecule has 1 saturated heterocycles. The van der Waals surface area contributed by atoms with Gasteiger partial charge < -0.3 is 16.0 Å². The second-order valence-electron chi connectivity index (χ2n) is 7.56. The average Bonchev–Trinajstić information content (AvgIpc) is 2.55. The van der Waals surface area contributed by atoms with Crippen molar-refractivity contribution in [1.82, 2.24) is 20.9 Å². The van der Waals surface area contributed by atoms with Crippen LogP contribution in [0, 0.1) is 0 Å². The van der Waals surface area contributed by atoms with E-state index in [-0.39, 0.29) is 48.2 Å². The number of halogens is 1. The predicted octanol–water partition coefficient (Wildman–Crippen LogP) is 0.583. The molecular weight excluding hydrogens is 481 g/mol.